The monoisotopic (exact) mass is 300 g/mol. The van der Waals surface area contributed by atoms with Crippen LogP contribution in [0.2, 0.25) is 0 Å². The molecule has 0 atom stereocenters. The van der Waals surface area contributed by atoms with Crippen molar-refractivity contribution >= 4 is 11.8 Å². The van der Waals surface area contributed by atoms with Gasteiger partial charge in [0.05, 0.1) is 5.56 Å². The largest absolute Gasteiger partial charge is 0.478 e. The van der Waals surface area contributed by atoms with Gasteiger partial charge in [-0.05, 0) is 25.1 Å². The molecule has 1 N–H and O–H groups in total. The summed E-state index contributed by atoms with van der Waals surface area (Å²) in [6, 6.07) is 13.3. The zero-order valence-electron chi connectivity index (χ0n) is 13.9. The lowest BCUT2D eigenvalue weighted by Gasteiger charge is -2.03. The van der Waals surface area contributed by atoms with Crippen LogP contribution in [-0.2, 0) is 0 Å². The predicted octanol–water partition coefficient (Wildman–Crippen LogP) is 4.98. The fourth-order valence-corrected chi connectivity index (χ4v) is 1.75. The maximum absolute atomic E-state index is 12.2. The van der Waals surface area contributed by atoms with E-state index >= 15 is 0 Å². The average Bonchev–Trinajstić information content (AvgIpc) is 2.58. The van der Waals surface area contributed by atoms with Crippen LogP contribution < -0.4 is 0 Å². The highest BCUT2D eigenvalue weighted by atomic mass is 16.4. The predicted molar refractivity (Wildman–Crippen MR) is 90.7 cm³/mol. The molecule has 0 heterocycles. The SMILES string of the molecule is CC.CC.Cc1cccc(C(=O)c2cccc(C(=O)O)c2)c1. The molecule has 0 amide bonds. The third-order valence-electron chi connectivity index (χ3n) is 2.65. The Morgan fingerprint density at radius 3 is 1.73 bits per heavy atom. The second-order valence-corrected chi connectivity index (χ2v) is 4.08. The number of aryl methyl sites for hydroxylation is 1. The van der Waals surface area contributed by atoms with Crippen LogP contribution in [0.4, 0.5) is 0 Å². The summed E-state index contributed by atoms with van der Waals surface area (Å²) in [6.07, 6.45) is 0. The van der Waals surface area contributed by atoms with E-state index in [-0.39, 0.29) is 11.3 Å². The molecule has 2 rings (SSSR count). The van der Waals surface area contributed by atoms with Crippen molar-refractivity contribution in [3.63, 3.8) is 0 Å². The van der Waals surface area contributed by atoms with Gasteiger partial charge in [0.15, 0.2) is 5.78 Å². The maximum Gasteiger partial charge on any atom is 0.335 e. The molecular weight excluding hydrogens is 276 g/mol. The van der Waals surface area contributed by atoms with Crippen molar-refractivity contribution in [2.24, 2.45) is 0 Å². The van der Waals surface area contributed by atoms with Crippen LogP contribution in [-0.4, -0.2) is 16.9 Å². The van der Waals surface area contributed by atoms with Crippen molar-refractivity contribution < 1.29 is 14.7 Å². The molecule has 0 aliphatic heterocycles. The zero-order chi connectivity index (χ0) is 17.1. The van der Waals surface area contributed by atoms with Crippen LogP contribution in [0.3, 0.4) is 0 Å². The summed E-state index contributed by atoms with van der Waals surface area (Å²) in [5.41, 5.74) is 2.07. The summed E-state index contributed by atoms with van der Waals surface area (Å²) in [4.78, 5) is 23.0. The summed E-state index contributed by atoms with van der Waals surface area (Å²) in [5, 5.41) is 8.89. The number of carboxylic acid groups (broad SMARTS) is 1. The number of benzene rings is 2. The lowest BCUT2D eigenvalue weighted by molar-refractivity contribution is 0.0697. The molecule has 0 spiro atoms. The van der Waals surface area contributed by atoms with Crippen LogP contribution in [0, 0.1) is 6.92 Å². The Morgan fingerprint density at radius 1 is 0.773 bits per heavy atom. The van der Waals surface area contributed by atoms with E-state index in [2.05, 4.69) is 0 Å². The molecule has 0 radical (unpaired) electrons. The van der Waals surface area contributed by atoms with Crippen LogP contribution in [0.15, 0.2) is 48.5 Å². The van der Waals surface area contributed by atoms with Gasteiger partial charge >= 0.3 is 5.97 Å². The van der Waals surface area contributed by atoms with E-state index < -0.39 is 5.97 Å². The minimum absolute atomic E-state index is 0.119. The van der Waals surface area contributed by atoms with E-state index in [1.165, 1.54) is 12.1 Å². The second-order valence-electron chi connectivity index (χ2n) is 4.08. The summed E-state index contributed by atoms with van der Waals surface area (Å²) >= 11 is 0. The van der Waals surface area contributed by atoms with E-state index in [1.54, 1.807) is 24.3 Å². The number of ketones is 1. The van der Waals surface area contributed by atoms with Gasteiger partial charge in [0.25, 0.3) is 0 Å². The maximum atomic E-state index is 12.2. The van der Waals surface area contributed by atoms with Crippen LogP contribution in [0.25, 0.3) is 0 Å². The Hall–Kier alpha value is -2.42. The average molecular weight is 300 g/mol. The minimum atomic E-state index is -1.03. The van der Waals surface area contributed by atoms with Gasteiger partial charge in [-0.3, -0.25) is 4.79 Å². The van der Waals surface area contributed by atoms with E-state index in [1.807, 2.05) is 46.8 Å². The Morgan fingerprint density at radius 2 is 1.23 bits per heavy atom. The Labute approximate surface area is 132 Å². The van der Waals surface area contributed by atoms with Gasteiger partial charge in [-0.2, -0.15) is 0 Å². The summed E-state index contributed by atoms with van der Waals surface area (Å²) in [6.45, 7) is 9.91. The van der Waals surface area contributed by atoms with Gasteiger partial charge in [0.1, 0.15) is 0 Å². The van der Waals surface area contributed by atoms with E-state index in [0.717, 1.165) is 5.56 Å². The number of rotatable bonds is 3. The topological polar surface area (TPSA) is 54.4 Å². The van der Waals surface area contributed by atoms with Crippen LogP contribution in [0.1, 0.15) is 59.5 Å². The highest BCUT2D eigenvalue weighted by Crippen LogP contribution is 2.13. The molecule has 0 aliphatic rings. The summed E-state index contributed by atoms with van der Waals surface area (Å²) < 4.78 is 0. The van der Waals surface area contributed by atoms with Crippen LogP contribution in [0.5, 0.6) is 0 Å². The summed E-state index contributed by atoms with van der Waals surface area (Å²) in [7, 11) is 0. The van der Waals surface area contributed by atoms with Crippen molar-refractivity contribution in [1.29, 1.82) is 0 Å². The first-order valence-corrected chi connectivity index (χ1v) is 7.52. The number of carbonyl (C=O) groups excluding carboxylic acids is 1. The van der Waals surface area contributed by atoms with Crippen molar-refractivity contribution in [2.75, 3.05) is 0 Å². The first kappa shape index (κ1) is 19.6. The molecule has 0 saturated carbocycles. The van der Waals surface area contributed by atoms with Crippen molar-refractivity contribution in [1.82, 2.24) is 0 Å². The van der Waals surface area contributed by atoms with Gasteiger partial charge in [0.2, 0.25) is 0 Å². The van der Waals surface area contributed by atoms with E-state index in [9.17, 15) is 9.59 Å². The molecule has 0 aromatic heterocycles. The zero-order valence-corrected chi connectivity index (χ0v) is 13.9. The van der Waals surface area contributed by atoms with Crippen molar-refractivity contribution in [3.05, 3.63) is 70.8 Å². The Balaban J connectivity index is 0.00000102. The molecule has 0 fully saturated rings. The standard InChI is InChI=1S/C15H12O3.2C2H6/c1-10-4-2-5-11(8-10)14(16)12-6-3-7-13(9-12)15(17)18;2*1-2/h2-9H,1H3,(H,17,18);2*1-2H3. The molecule has 0 saturated heterocycles. The number of aromatic carboxylic acids is 1. The van der Waals surface area contributed by atoms with E-state index in [4.69, 9.17) is 5.11 Å². The molecule has 118 valence electrons. The third-order valence-corrected chi connectivity index (χ3v) is 2.65. The third kappa shape index (κ3) is 5.52. The summed E-state index contributed by atoms with van der Waals surface area (Å²) in [5.74, 6) is -1.20. The highest BCUT2D eigenvalue weighted by Gasteiger charge is 2.11. The van der Waals surface area contributed by atoms with Gasteiger partial charge < -0.3 is 5.11 Å². The molecular formula is C19H24O3. The quantitative estimate of drug-likeness (QED) is 0.814. The number of hydrogen-bond donors (Lipinski definition) is 1. The first-order valence-electron chi connectivity index (χ1n) is 7.52. The molecule has 22 heavy (non-hydrogen) atoms. The first-order chi connectivity index (χ1) is 10.6. The van der Waals surface area contributed by atoms with E-state index in [0.29, 0.717) is 11.1 Å². The Kier molecular flexibility index (Phi) is 9.19. The lowest BCUT2D eigenvalue weighted by atomic mass is 10.00. The fraction of sp³-hybridized carbons (Fsp3) is 0.263. The van der Waals surface area contributed by atoms with Crippen molar-refractivity contribution in [3.8, 4) is 0 Å². The van der Waals surface area contributed by atoms with Gasteiger partial charge in [-0.15, -0.1) is 0 Å². The lowest BCUT2D eigenvalue weighted by Crippen LogP contribution is -2.04. The normalized spacial score (nSPS) is 8.77. The fourth-order valence-electron chi connectivity index (χ4n) is 1.75. The van der Waals surface area contributed by atoms with Crippen LogP contribution >= 0.6 is 0 Å². The Bertz CT molecular complexity index is 616. The van der Waals surface area contributed by atoms with Gasteiger partial charge in [-0.25, -0.2) is 4.79 Å². The minimum Gasteiger partial charge on any atom is -0.478 e. The number of carboxylic acids is 1. The molecule has 2 aromatic rings. The molecule has 0 aliphatic carbocycles. The van der Waals surface area contributed by atoms with Gasteiger partial charge in [-0.1, -0.05) is 63.6 Å². The molecule has 3 nitrogen and oxygen atoms in total. The van der Waals surface area contributed by atoms with Crippen molar-refractivity contribution in [2.45, 2.75) is 34.6 Å². The second kappa shape index (κ2) is 10.3. The molecule has 0 bridgehead atoms. The number of carbonyl (C=O) groups is 2. The molecule has 3 heteroatoms. The molecule has 2 aromatic carbocycles. The number of hydrogen-bond acceptors (Lipinski definition) is 2. The smallest absolute Gasteiger partial charge is 0.335 e. The molecule has 0 unspecified atom stereocenters. The van der Waals surface area contributed by atoms with Gasteiger partial charge in [0, 0.05) is 11.1 Å². The highest BCUT2D eigenvalue weighted by molar-refractivity contribution is 6.09.